The number of nitrogens with zero attached hydrogens (tertiary/aromatic N) is 1. The zero-order chi connectivity index (χ0) is 9.68. The largest absolute Gasteiger partial charge is 0.383 e. The number of ether oxygens (including phenoxy) is 1. The fraction of sp³-hybridized carbons (Fsp3) is 0.333. The lowest BCUT2D eigenvalue weighted by atomic mass is 10.3. The molecule has 0 amide bonds. The molecule has 0 saturated carbocycles. The van der Waals surface area contributed by atoms with E-state index in [9.17, 15) is 9.59 Å². The highest BCUT2D eigenvalue weighted by atomic mass is 16.5. The molecule has 0 aromatic carbocycles. The Hall–Kier alpha value is -1.42. The highest BCUT2D eigenvalue weighted by molar-refractivity contribution is 5.73. The van der Waals surface area contributed by atoms with Gasteiger partial charge in [-0.05, 0) is 6.07 Å². The molecule has 0 aliphatic rings. The molecule has 0 N–H and O–H groups in total. The second kappa shape index (κ2) is 4.57. The molecule has 0 spiro atoms. The van der Waals surface area contributed by atoms with Gasteiger partial charge in [0.25, 0.3) is 5.56 Å². The summed E-state index contributed by atoms with van der Waals surface area (Å²) >= 11 is 0. The Labute approximate surface area is 75.8 Å². The third-order valence-electron chi connectivity index (χ3n) is 1.68. The van der Waals surface area contributed by atoms with Crippen LogP contribution < -0.4 is 5.56 Å². The number of rotatable bonds is 4. The monoisotopic (exact) mass is 181 g/mol. The highest BCUT2D eigenvalue weighted by Crippen LogP contribution is 1.91. The summed E-state index contributed by atoms with van der Waals surface area (Å²) < 4.78 is 6.28. The number of hydrogen-bond acceptors (Lipinski definition) is 3. The van der Waals surface area contributed by atoms with E-state index in [1.54, 1.807) is 7.11 Å². The molecule has 0 bridgehead atoms. The molecule has 13 heavy (non-hydrogen) atoms. The van der Waals surface area contributed by atoms with Gasteiger partial charge in [0.05, 0.1) is 6.61 Å². The molecule has 0 unspecified atom stereocenters. The first-order valence-electron chi connectivity index (χ1n) is 3.92. The molecule has 0 aliphatic heterocycles. The number of aromatic nitrogens is 1. The van der Waals surface area contributed by atoms with Crippen molar-refractivity contribution in [2.45, 2.75) is 6.54 Å². The zero-order valence-electron chi connectivity index (χ0n) is 7.40. The Kier molecular flexibility index (Phi) is 3.40. The second-order valence-corrected chi connectivity index (χ2v) is 2.60. The van der Waals surface area contributed by atoms with Crippen LogP contribution >= 0.6 is 0 Å². The van der Waals surface area contributed by atoms with Gasteiger partial charge in [0.1, 0.15) is 0 Å². The van der Waals surface area contributed by atoms with Gasteiger partial charge in [-0.2, -0.15) is 0 Å². The lowest BCUT2D eigenvalue weighted by molar-refractivity contribution is 0.112. The number of methoxy groups -OCH3 is 1. The second-order valence-electron chi connectivity index (χ2n) is 2.60. The maximum Gasteiger partial charge on any atom is 0.250 e. The van der Waals surface area contributed by atoms with E-state index >= 15 is 0 Å². The maximum absolute atomic E-state index is 11.2. The molecule has 0 radical (unpaired) electrons. The van der Waals surface area contributed by atoms with Crippen molar-refractivity contribution in [2.75, 3.05) is 13.7 Å². The van der Waals surface area contributed by atoms with Crippen molar-refractivity contribution >= 4 is 6.29 Å². The first-order chi connectivity index (χ1) is 6.27. The molecule has 0 aliphatic carbocycles. The van der Waals surface area contributed by atoms with Crippen LogP contribution in [0.3, 0.4) is 0 Å². The molecular formula is C9H11NO3. The van der Waals surface area contributed by atoms with E-state index in [1.165, 1.54) is 22.9 Å². The minimum Gasteiger partial charge on any atom is -0.383 e. The van der Waals surface area contributed by atoms with Gasteiger partial charge in [0.2, 0.25) is 0 Å². The minimum absolute atomic E-state index is 0.123. The molecule has 1 aromatic rings. The van der Waals surface area contributed by atoms with E-state index in [0.717, 1.165) is 0 Å². The fourth-order valence-corrected chi connectivity index (χ4v) is 0.984. The lowest BCUT2D eigenvalue weighted by Crippen LogP contribution is -2.21. The first-order valence-corrected chi connectivity index (χ1v) is 3.92. The van der Waals surface area contributed by atoms with Crippen LogP contribution in [0.5, 0.6) is 0 Å². The highest BCUT2D eigenvalue weighted by Gasteiger charge is 1.96. The summed E-state index contributed by atoms with van der Waals surface area (Å²) in [5.74, 6) is 0. The molecule has 1 rings (SSSR count). The molecule has 0 saturated heterocycles. The van der Waals surface area contributed by atoms with Crippen LogP contribution in [0.15, 0.2) is 23.1 Å². The summed E-state index contributed by atoms with van der Waals surface area (Å²) in [6.45, 7) is 0.930. The van der Waals surface area contributed by atoms with E-state index in [0.29, 0.717) is 25.0 Å². The number of carbonyl (C=O) groups is 1. The van der Waals surface area contributed by atoms with Gasteiger partial charge < -0.3 is 9.30 Å². The van der Waals surface area contributed by atoms with E-state index in [4.69, 9.17) is 4.74 Å². The summed E-state index contributed by atoms with van der Waals surface area (Å²) in [7, 11) is 1.56. The minimum atomic E-state index is -0.123. The summed E-state index contributed by atoms with van der Waals surface area (Å²) in [5, 5.41) is 0. The van der Waals surface area contributed by atoms with E-state index in [2.05, 4.69) is 0 Å². The molecule has 70 valence electrons. The molecule has 1 aromatic heterocycles. The maximum atomic E-state index is 11.2. The Morgan fingerprint density at radius 2 is 2.31 bits per heavy atom. The Morgan fingerprint density at radius 1 is 1.54 bits per heavy atom. The Balaban J connectivity index is 2.90. The average molecular weight is 181 g/mol. The van der Waals surface area contributed by atoms with Crippen LogP contribution in [0.25, 0.3) is 0 Å². The Bertz CT molecular complexity index is 343. The van der Waals surface area contributed by atoms with Gasteiger partial charge >= 0.3 is 0 Å². The van der Waals surface area contributed by atoms with E-state index in [1.807, 2.05) is 0 Å². The van der Waals surface area contributed by atoms with Crippen LogP contribution in [-0.2, 0) is 11.3 Å². The molecular weight excluding hydrogens is 170 g/mol. The van der Waals surface area contributed by atoms with E-state index < -0.39 is 0 Å². The smallest absolute Gasteiger partial charge is 0.250 e. The SMILES string of the molecule is COCCn1cc(C=O)ccc1=O. The van der Waals surface area contributed by atoms with Crippen LogP contribution in [0.1, 0.15) is 10.4 Å². The lowest BCUT2D eigenvalue weighted by Gasteiger charge is -2.03. The third-order valence-corrected chi connectivity index (χ3v) is 1.68. The number of hydrogen-bond donors (Lipinski definition) is 0. The van der Waals surface area contributed by atoms with Gasteiger partial charge in [-0.3, -0.25) is 9.59 Å². The predicted octanol–water partition coefficient (Wildman–Crippen LogP) is 0.307. The molecule has 4 heteroatoms. The topological polar surface area (TPSA) is 48.3 Å². The quantitative estimate of drug-likeness (QED) is 0.628. The molecule has 4 nitrogen and oxygen atoms in total. The van der Waals surface area contributed by atoms with Crippen molar-refractivity contribution in [1.29, 1.82) is 0 Å². The number of aldehydes is 1. The molecule has 0 atom stereocenters. The van der Waals surface area contributed by atoms with Crippen molar-refractivity contribution in [2.24, 2.45) is 0 Å². The third kappa shape index (κ3) is 2.52. The van der Waals surface area contributed by atoms with Gasteiger partial charge in [0.15, 0.2) is 6.29 Å². The zero-order valence-corrected chi connectivity index (χ0v) is 7.40. The van der Waals surface area contributed by atoms with Gasteiger partial charge in [-0.15, -0.1) is 0 Å². The summed E-state index contributed by atoms with van der Waals surface area (Å²) in [6.07, 6.45) is 2.23. The first kappa shape index (κ1) is 9.67. The normalized spacial score (nSPS) is 9.92. The summed E-state index contributed by atoms with van der Waals surface area (Å²) in [5.41, 5.74) is 0.373. The van der Waals surface area contributed by atoms with Crippen molar-refractivity contribution in [1.82, 2.24) is 4.57 Å². The Morgan fingerprint density at radius 3 is 2.92 bits per heavy atom. The summed E-state index contributed by atoms with van der Waals surface area (Å²) in [4.78, 5) is 21.6. The van der Waals surface area contributed by atoms with Crippen LogP contribution in [0, 0.1) is 0 Å². The molecule has 0 fully saturated rings. The average Bonchev–Trinajstić information content (AvgIpc) is 2.17. The van der Waals surface area contributed by atoms with Crippen molar-refractivity contribution in [3.8, 4) is 0 Å². The summed E-state index contributed by atoms with van der Waals surface area (Å²) in [6, 6.07) is 2.87. The van der Waals surface area contributed by atoms with Crippen molar-refractivity contribution in [3.63, 3.8) is 0 Å². The molecule has 1 heterocycles. The number of pyridine rings is 1. The van der Waals surface area contributed by atoms with Crippen molar-refractivity contribution < 1.29 is 9.53 Å². The van der Waals surface area contributed by atoms with Gasteiger partial charge in [-0.1, -0.05) is 0 Å². The van der Waals surface area contributed by atoms with E-state index in [-0.39, 0.29) is 5.56 Å². The van der Waals surface area contributed by atoms with Crippen molar-refractivity contribution in [3.05, 3.63) is 34.2 Å². The standard InChI is InChI=1S/C9H11NO3/c1-13-5-4-10-6-8(7-11)2-3-9(10)12/h2-3,6-7H,4-5H2,1H3. The van der Waals surface area contributed by atoms with Crippen LogP contribution in [0.2, 0.25) is 0 Å². The number of carbonyl (C=O) groups excluding carboxylic acids is 1. The van der Waals surface area contributed by atoms with Gasteiger partial charge in [0, 0.05) is 31.5 Å². The fourth-order valence-electron chi connectivity index (χ4n) is 0.984. The van der Waals surface area contributed by atoms with Crippen LogP contribution in [-0.4, -0.2) is 24.6 Å². The predicted molar refractivity (Wildman–Crippen MR) is 48.0 cm³/mol. The van der Waals surface area contributed by atoms with Crippen LogP contribution in [0.4, 0.5) is 0 Å². The van der Waals surface area contributed by atoms with Gasteiger partial charge in [-0.25, -0.2) is 0 Å².